The zero-order valence-corrected chi connectivity index (χ0v) is 18.0. The summed E-state index contributed by atoms with van der Waals surface area (Å²) in [6, 6.07) is 15.7. The molecule has 0 saturated carbocycles. The zero-order chi connectivity index (χ0) is 21.6. The van der Waals surface area contributed by atoms with Gasteiger partial charge in [0.15, 0.2) is 6.61 Å². The first kappa shape index (κ1) is 21.2. The van der Waals surface area contributed by atoms with E-state index in [4.69, 9.17) is 9.47 Å². The number of benzene rings is 2. The summed E-state index contributed by atoms with van der Waals surface area (Å²) in [4.78, 5) is 31.0. The van der Waals surface area contributed by atoms with Crippen LogP contribution in [0.5, 0.6) is 11.5 Å². The average molecular weight is 424 g/mol. The third-order valence-corrected chi connectivity index (χ3v) is 5.72. The van der Waals surface area contributed by atoms with Gasteiger partial charge >= 0.3 is 0 Å². The Morgan fingerprint density at radius 3 is 2.52 bits per heavy atom. The molecule has 2 amide bonds. The van der Waals surface area contributed by atoms with Crippen LogP contribution in [0, 0.1) is 0 Å². The molecule has 1 saturated heterocycles. The van der Waals surface area contributed by atoms with Crippen molar-refractivity contribution >= 4 is 17.5 Å². The van der Waals surface area contributed by atoms with Crippen molar-refractivity contribution in [3.05, 3.63) is 54.1 Å². The Hall–Kier alpha value is -3.06. The molecule has 164 valence electrons. The number of amides is 2. The maximum atomic E-state index is 12.7. The summed E-state index contributed by atoms with van der Waals surface area (Å²) in [6.45, 7) is 7.03. The van der Waals surface area contributed by atoms with Gasteiger partial charge in [0, 0.05) is 45.7 Å². The van der Waals surface area contributed by atoms with Crippen LogP contribution in [0.15, 0.2) is 48.5 Å². The summed E-state index contributed by atoms with van der Waals surface area (Å²) in [5, 5.41) is 0. The number of ether oxygens (including phenoxy) is 2. The van der Waals surface area contributed by atoms with Gasteiger partial charge in [-0.3, -0.25) is 14.5 Å². The Morgan fingerprint density at radius 2 is 1.77 bits per heavy atom. The molecule has 0 bridgehead atoms. The Bertz CT molecular complexity index is 907. The zero-order valence-electron chi connectivity index (χ0n) is 18.0. The quantitative estimate of drug-likeness (QED) is 0.685. The van der Waals surface area contributed by atoms with E-state index in [1.807, 2.05) is 48.2 Å². The first-order chi connectivity index (χ1) is 15.1. The van der Waals surface area contributed by atoms with Gasteiger partial charge in [-0.05, 0) is 36.8 Å². The fourth-order valence-electron chi connectivity index (χ4n) is 4.04. The van der Waals surface area contributed by atoms with Crippen molar-refractivity contribution < 1.29 is 19.1 Å². The minimum Gasteiger partial charge on any atom is -0.494 e. The van der Waals surface area contributed by atoms with Crippen LogP contribution in [0.25, 0.3) is 0 Å². The van der Waals surface area contributed by atoms with Gasteiger partial charge in [-0.25, -0.2) is 0 Å². The standard InChI is InChI=1S/C24H29N3O4/c1-2-30-20-9-7-19(8-10-20)17-25-13-15-26(16-14-25)23(28)11-12-27-21-5-3-4-6-22(21)31-18-24(27)29/h3-10H,2,11-18H2,1H3. The highest BCUT2D eigenvalue weighted by Gasteiger charge is 2.27. The Balaban J connectivity index is 1.25. The second-order valence-electron chi connectivity index (χ2n) is 7.79. The largest absolute Gasteiger partial charge is 0.494 e. The number of hydrogen-bond donors (Lipinski definition) is 0. The molecule has 0 radical (unpaired) electrons. The molecule has 2 aromatic carbocycles. The lowest BCUT2D eigenvalue weighted by atomic mass is 10.2. The van der Waals surface area contributed by atoms with Gasteiger partial charge in [-0.15, -0.1) is 0 Å². The van der Waals surface area contributed by atoms with Gasteiger partial charge in [0.1, 0.15) is 11.5 Å². The van der Waals surface area contributed by atoms with Gasteiger partial charge in [0.25, 0.3) is 5.91 Å². The number of carbonyl (C=O) groups is 2. The molecule has 7 heteroatoms. The van der Waals surface area contributed by atoms with Crippen LogP contribution in [0.4, 0.5) is 5.69 Å². The molecular formula is C24H29N3O4. The number of carbonyl (C=O) groups excluding carboxylic acids is 2. The van der Waals surface area contributed by atoms with Crippen molar-refractivity contribution in [2.75, 3.05) is 50.8 Å². The van der Waals surface area contributed by atoms with E-state index in [2.05, 4.69) is 17.0 Å². The van der Waals surface area contributed by atoms with Gasteiger partial charge in [0.2, 0.25) is 5.91 Å². The predicted molar refractivity (Wildman–Crippen MR) is 118 cm³/mol. The number of nitrogens with zero attached hydrogens (tertiary/aromatic N) is 3. The lowest BCUT2D eigenvalue weighted by Gasteiger charge is -2.35. The number of hydrogen-bond acceptors (Lipinski definition) is 5. The van der Waals surface area contributed by atoms with Crippen LogP contribution in [-0.4, -0.2) is 67.6 Å². The molecule has 2 aromatic rings. The average Bonchev–Trinajstić information content (AvgIpc) is 2.80. The monoisotopic (exact) mass is 423 g/mol. The van der Waals surface area contributed by atoms with Gasteiger partial charge < -0.3 is 19.3 Å². The van der Waals surface area contributed by atoms with E-state index in [0.717, 1.165) is 31.1 Å². The first-order valence-corrected chi connectivity index (χ1v) is 10.9. The van der Waals surface area contributed by atoms with Crippen molar-refractivity contribution in [1.29, 1.82) is 0 Å². The molecule has 0 aromatic heterocycles. The van der Waals surface area contributed by atoms with Crippen LogP contribution >= 0.6 is 0 Å². The SMILES string of the molecule is CCOc1ccc(CN2CCN(C(=O)CCN3C(=O)COc4ccccc43)CC2)cc1. The molecule has 0 aliphatic carbocycles. The van der Waals surface area contributed by atoms with E-state index in [-0.39, 0.29) is 18.4 Å². The molecule has 7 nitrogen and oxygen atoms in total. The number of fused-ring (bicyclic) bond motifs is 1. The number of anilines is 1. The highest BCUT2D eigenvalue weighted by molar-refractivity contribution is 5.98. The van der Waals surface area contributed by atoms with Crippen LogP contribution in [0.1, 0.15) is 18.9 Å². The Morgan fingerprint density at radius 1 is 1.03 bits per heavy atom. The molecule has 0 N–H and O–H groups in total. The molecular weight excluding hydrogens is 394 g/mol. The van der Waals surface area contributed by atoms with E-state index >= 15 is 0 Å². The summed E-state index contributed by atoms with van der Waals surface area (Å²) < 4.78 is 11.0. The summed E-state index contributed by atoms with van der Waals surface area (Å²) in [5.74, 6) is 1.57. The Kier molecular flexibility index (Phi) is 6.72. The van der Waals surface area contributed by atoms with E-state index in [9.17, 15) is 9.59 Å². The van der Waals surface area contributed by atoms with Gasteiger partial charge in [-0.2, -0.15) is 0 Å². The smallest absolute Gasteiger partial charge is 0.265 e. The third-order valence-electron chi connectivity index (χ3n) is 5.72. The number of para-hydroxylation sites is 2. The normalized spacial score (nSPS) is 16.6. The maximum absolute atomic E-state index is 12.7. The van der Waals surface area contributed by atoms with Crippen LogP contribution < -0.4 is 14.4 Å². The fourth-order valence-corrected chi connectivity index (χ4v) is 4.04. The highest BCUT2D eigenvalue weighted by Crippen LogP contribution is 2.31. The number of piperazine rings is 1. The summed E-state index contributed by atoms with van der Waals surface area (Å²) in [7, 11) is 0. The molecule has 0 atom stereocenters. The second kappa shape index (κ2) is 9.83. The van der Waals surface area contributed by atoms with Crippen molar-refractivity contribution in [2.45, 2.75) is 19.9 Å². The summed E-state index contributed by atoms with van der Waals surface area (Å²) in [5.41, 5.74) is 1.99. The third kappa shape index (κ3) is 5.17. The number of rotatable bonds is 7. The lowest BCUT2D eigenvalue weighted by molar-refractivity contribution is -0.132. The van der Waals surface area contributed by atoms with Gasteiger partial charge in [0.05, 0.1) is 12.3 Å². The molecule has 0 unspecified atom stereocenters. The van der Waals surface area contributed by atoms with E-state index in [1.165, 1.54) is 5.56 Å². The molecule has 1 fully saturated rings. The molecule has 31 heavy (non-hydrogen) atoms. The minimum atomic E-state index is -0.105. The molecule has 2 aliphatic rings. The minimum absolute atomic E-state index is 0.0232. The highest BCUT2D eigenvalue weighted by atomic mass is 16.5. The molecule has 0 spiro atoms. The molecule has 2 heterocycles. The van der Waals surface area contributed by atoms with Gasteiger partial charge in [-0.1, -0.05) is 24.3 Å². The second-order valence-corrected chi connectivity index (χ2v) is 7.79. The van der Waals surface area contributed by atoms with Crippen LogP contribution in [-0.2, 0) is 16.1 Å². The maximum Gasteiger partial charge on any atom is 0.265 e. The van der Waals surface area contributed by atoms with Crippen LogP contribution in [0.3, 0.4) is 0 Å². The molecule has 4 rings (SSSR count). The predicted octanol–water partition coefficient (Wildman–Crippen LogP) is 2.55. The van der Waals surface area contributed by atoms with Crippen molar-refractivity contribution in [2.24, 2.45) is 0 Å². The molecule has 2 aliphatic heterocycles. The van der Waals surface area contributed by atoms with E-state index in [1.54, 1.807) is 4.90 Å². The summed E-state index contributed by atoms with van der Waals surface area (Å²) in [6.07, 6.45) is 0.318. The van der Waals surface area contributed by atoms with Crippen molar-refractivity contribution in [3.63, 3.8) is 0 Å². The first-order valence-electron chi connectivity index (χ1n) is 10.9. The van der Waals surface area contributed by atoms with Crippen molar-refractivity contribution in [3.8, 4) is 11.5 Å². The fraction of sp³-hybridized carbons (Fsp3) is 0.417. The topological polar surface area (TPSA) is 62.3 Å². The Labute approximate surface area is 183 Å². The van der Waals surface area contributed by atoms with E-state index in [0.29, 0.717) is 38.4 Å². The van der Waals surface area contributed by atoms with Crippen molar-refractivity contribution in [1.82, 2.24) is 9.80 Å². The van der Waals surface area contributed by atoms with E-state index < -0.39 is 0 Å². The lowest BCUT2D eigenvalue weighted by Crippen LogP contribution is -2.49. The summed E-state index contributed by atoms with van der Waals surface area (Å²) >= 11 is 0. The van der Waals surface area contributed by atoms with Crippen LogP contribution in [0.2, 0.25) is 0 Å².